The maximum atomic E-state index is 14.4. The Bertz CT molecular complexity index is 999. The van der Waals surface area contributed by atoms with Gasteiger partial charge in [-0.1, -0.05) is 30.0 Å². The van der Waals surface area contributed by atoms with Crippen molar-refractivity contribution in [1.29, 1.82) is 0 Å². The van der Waals surface area contributed by atoms with Gasteiger partial charge in [-0.25, -0.2) is 17.2 Å². The van der Waals surface area contributed by atoms with Crippen molar-refractivity contribution in [1.82, 2.24) is 0 Å². The van der Waals surface area contributed by atoms with Crippen molar-refractivity contribution in [2.24, 2.45) is 4.99 Å². The number of hydrogen-bond acceptors (Lipinski definition) is 6. The van der Waals surface area contributed by atoms with Crippen molar-refractivity contribution in [3.05, 3.63) is 60.2 Å². The minimum Gasteiger partial charge on any atom is -0.493 e. The number of benzene rings is 2. The second-order valence-electron chi connectivity index (χ2n) is 6.60. The van der Waals surface area contributed by atoms with Crippen LogP contribution in [0.3, 0.4) is 0 Å². The monoisotopic (exact) mass is 424 g/mol. The van der Waals surface area contributed by atoms with Gasteiger partial charge < -0.3 is 9.64 Å². The summed E-state index contributed by atoms with van der Waals surface area (Å²) in [7, 11) is -3.23. The SMILES string of the molecule is O=S1(=O)C[C@@H]2[C@@H](C1)N=C(SCCOc1ccccc1)N2c1ccc(F)cc1F. The molecule has 0 radical (unpaired) electrons. The van der Waals surface area contributed by atoms with E-state index in [4.69, 9.17) is 4.74 Å². The number of rotatable bonds is 5. The fourth-order valence-electron chi connectivity index (χ4n) is 3.40. The highest BCUT2D eigenvalue weighted by molar-refractivity contribution is 8.14. The number of anilines is 1. The first kappa shape index (κ1) is 19.2. The number of para-hydroxylation sites is 1. The van der Waals surface area contributed by atoms with Crippen LogP contribution in [0.25, 0.3) is 0 Å². The molecule has 0 aliphatic carbocycles. The van der Waals surface area contributed by atoms with Crippen LogP contribution in [-0.2, 0) is 9.84 Å². The van der Waals surface area contributed by atoms with Crippen molar-refractivity contribution >= 4 is 32.5 Å². The zero-order chi connectivity index (χ0) is 19.7. The molecule has 2 aliphatic heterocycles. The number of halogens is 2. The Morgan fingerprint density at radius 2 is 1.93 bits per heavy atom. The van der Waals surface area contributed by atoms with Crippen LogP contribution < -0.4 is 9.64 Å². The molecular weight excluding hydrogens is 406 g/mol. The van der Waals surface area contributed by atoms with E-state index in [1.165, 1.54) is 17.8 Å². The van der Waals surface area contributed by atoms with Crippen LogP contribution in [0.2, 0.25) is 0 Å². The number of thioether (sulfide) groups is 1. The first-order valence-electron chi connectivity index (χ1n) is 8.76. The minimum absolute atomic E-state index is 0.0540. The van der Waals surface area contributed by atoms with E-state index in [1.807, 2.05) is 30.3 Å². The van der Waals surface area contributed by atoms with E-state index in [1.54, 1.807) is 4.90 Å². The van der Waals surface area contributed by atoms with E-state index in [9.17, 15) is 17.2 Å². The molecule has 2 atom stereocenters. The number of amidine groups is 1. The third-order valence-corrected chi connectivity index (χ3v) is 7.23. The molecule has 148 valence electrons. The average molecular weight is 424 g/mol. The predicted octanol–water partition coefficient (Wildman–Crippen LogP) is 3.12. The molecule has 0 N–H and O–H groups in total. The fraction of sp³-hybridized carbons (Fsp3) is 0.316. The summed E-state index contributed by atoms with van der Waals surface area (Å²) >= 11 is 1.37. The van der Waals surface area contributed by atoms with E-state index < -0.39 is 33.6 Å². The highest BCUT2D eigenvalue weighted by Crippen LogP contribution is 2.36. The second-order valence-corrected chi connectivity index (χ2v) is 9.81. The van der Waals surface area contributed by atoms with E-state index >= 15 is 0 Å². The van der Waals surface area contributed by atoms with Crippen LogP contribution in [-0.4, -0.2) is 49.5 Å². The molecule has 2 heterocycles. The first-order valence-corrected chi connectivity index (χ1v) is 11.6. The van der Waals surface area contributed by atoms with Gasteiger partial charge >= 0.3 is 0 Å². The normalized spacial score (nSPS) is 22.8. The Balaban J connectivity index is 1.50. The molecule has 28 heavy (non-hydrogen) atoms. The maximum absolute atomic E-state index is 14.4. The molecule has 9 heteroatoms. The average Bonchev–Trinajstić information content (AvgIpc) is 3.11. The highest BCUT2D eigenvalue weighted by atomic mass is 32.2. The van der Waals surface area contributed by atoms with Gasteiger partial charge in [-0.3, -0.25) is 4.99 Å². The van der Waals surface area contributed by atoms with Crippen molar-refractivity contribution in [2.75, 3.05) is 28.8 Å². The van der Waals surface area contributed by atoms with Gasteiger partial charge in [-0.2, -0.15) is 0 Å². The summed E-state index contributed by atoms with van der Waals surface area (Å²) in [6.07, 6.45) is 0. The number of aliphatic imine (C=N–C) groups is 1. The van der Waals surface area contributed by atoms with Gasteiger partial charge in [0, 0.05) is 11.8 Å². The Hall–Kier alpha value is -2.13. The third-order valence-electron chi connectivity index (χ3n) is 4.60. The first-order chi connectivity index (χ1) is 13.4. The van der Waals surface area contributed by atoms with Crippen LogP contribution in [0.4, 0.5) is 14.5 Å². The standard InChI is InChI=1S/C19H18F2N2O3S2/c20-13-6-7-17(15(21)10-13)23-18-12-28(24,25)11-16(18)22-19(23)27-9-8-26-14-4-2-1-3-5-14/h1-7,10,16,18H,8-9,11-12H2/t16-,18-/m1/s1. The molecule has 4 rings (SSSR count). The van der Waals surface area contributed by atoms with Crippen LogP contribution >= 0.6 is 11.8 Å². The maximum Gasteiger partial charge on any atom is 0.164 e. The number of fused-ring (bicyclic) bond motifs is 1. The molecule has 2 aliphatic rings. The van der Waals surface area contributed by atoms with Gasteiger partial charge in [0.1, 0.15) is 17.4 Å². The molecule has 0 aromatic heterocycles. The third kappa shape index (κ3) is 4.00. The summed E-state index contributed by atoms with van der Waals surface area (Å²) < 4.78 is 57.4. The van der Waals surface area contributed by atoms with Crippen LogP contribution in [0, 0.1) is 11.6 Å². The summed E-state index contributed by atoms with van der Waals surface area (Å²) in [5.41, 5.74) is 0.140. The number of ether oxygens (including phenoxy) is 1. The van der Waals surface area contributed by atoms with Crippen LogP contribution in [0.1, 0.15) is 0 Å². The van der Waals surface area contributed by atoms with Crippen LogP contribution in [0.15, 0.2) is 53.5 Å². The lowest BCUT2D eigenvalue weighted by atomic mass is 10.1. The molecule has 0 spiro atoms. The topological polar surface area (TPSA) is 59.0 Å². The molecule has 2 aromatic carbocycles. The Labute approximate surface area is 166 Å². The number of hydrogen-bond donors (Lipinski definition) is 0. The van der Waals surface area contributed by atoms with Crippen LogP contribution in [0.5, 0.6) is 5.75 Å². The van der Waals surface area contributed by atoms with Gasteiger partial charge in [0.15, 0.2) is 15.0 Å². The van der Waals surface area contributed by atoms with E-state index in [0.29, 0.717) is 17.5 Å². The van der Waals surface area contributed by atoms with E-state index in [-0.39, 0.29) is 17.2 Å². The van der Waals surface area contributed by atoms with Crippen molar-refractivity contribution in [3.8, 4) is 5.75 Å². The summed E-state index contributed by atoms with van der Waals surface area (Å²) in [5, 5.41) is 0.534. The lowest BCUT2D eigenvalue weighted by Crippen LogP contribution is -2.39. The smallest absolute Gasteiger partial charge is 0.164 e. The van der Waals surface area contributed by atoms with E-state index in [0.717, 1.165) is 17.9 Å². The molecule has 1 saturated heterocycles. The minimum atomic E-state index is -3.23. The molecule has 0 unspecified atom stereocenters. The molecule has 0 bridgehead atoms. The highest BCUT2D eigenvalue weighted by Gasteiger charge is 2.47. The summed E-state index contributed by atoms with van der Waals surface area (Å²) in [5.74, 6) is -0.262. The second kappa shape index (κ2) is 7.71. The van der Waals surface area contributed by atoms with Gasteiger partial charge in [0.05, 0.1) is 35.9 Å². The van der Waals surface area contributed by atoms with Gasteiger partial charge in [0.25, 0.3) is 0 Å². The lowest BCUT2D eigenvalue weighted by Gasteiger charge is -2.26. The fourth-order valence-corrected chi connectivity index (χ4v) is 6.18. The molecule has 2 aromatic rings. The molecule has 0 saturated carbocycles. The molecule has 0 amide bonds. The Morgan fingerprint density at radius 3 is 2.68 bits per heavy atom. The van der Waals surface area contributed by atoms with Gasteiger partial charge in [-0.15, -0.1) is 0 Å². The quantitative estimate of drug-likeness (QED) is 0.691. The Morgan fingerprint density at radius 1 is 1.14 bits per heavy atom. The molecule has 1 fully saturated rings. The zero-order valence-electron chi connectivity index (χ0n) is 14.8. The van der Waals surface area contributed by atoms with E-state index in [2.05, 4.69) is 4.99 Å². The summed E-state index contributed by atoms with van der Waals surface area (Å²) in [4.78, 5) is 6.12. The van der Waals surface area contributed by atoms with Gasteiger partial charge in [-0.05, 0) is 24.3 Å². The van der Waals surface area contributed by atoms with Crippen molar-refractivity contribution < 1.29 is 21.9 Å². The number of sulfone groups is 1. The number of nitrogens with zero attached hydrogens (tertiary/aromatic N) is 2. The summed E-state index contributed by atoms with van der Waals surface area (Å²) in [6.45, 7) is 0.418. The predicted molar refractivity (Wildman–Crippen MR) is 107 cm³/mol. The van der Waals surface area contributed by atoms with Crippen molar-refractivity contribution in [3.63, 3.8) is 0 Å². The lowest BCUT2D eigenvalue weighted by molar-refractivity contribution is 0.344. The van der Waals surface area contributed by atoms with Gasteiger partial charge in [0.2, 0.25) is 0 Å². The van der Waals surface area contributed by atoms with Crippen molar-refractivity contribution in [2.45, 2.75) is 12.1 Å². The summed E-state index contributed by atoms with van der Waals surface area (Å²) in [6, 6.07) is 11.7. The zero-order valence-corrected chi connectivity index (χ0v) is 16.4. The molecular formula is C19H18F2N2O3S2. The molecule has 5 nitrogen and oxygen atoms in total. The largest absolute Gasteiger partial charge is 0.493 e. The Kier molecular flexibility index (Phi) is 5.29.